The summed E-state index contributed by atoms with van der Waals surface area (Å²) in [4.78, 5) is 27.7. The van der Waals surface area contributed by atoms with Gasteiger partial charge in [-0.3, -0.25) is 9.59 Å². The lowest BCUT2D eigenvalue weighted by molar-refractivity contribution is -0.146. The molecular weight excluding hydrogens is 301 g/mol. The molecule has 2 atom stereocenters. The molecule has 3 rings (SSSR count). The van der Waals surface area contributed by atoms with Gasteiger partial charge in [0, 0.05) is 26.2 Å². The van der Waals surface area contributed by atoms with Gasteiger partial charge in [-0.1, -0.05) is 12.1 Å². The number of nitrogens with zero attached hydrogens (tertiary/aromatic N) is 2. The van der Waals surface area contributed by atoms with Gasteiger partial charge in [0.15, 0.2) is 0 Å². The summed E-state index contributed by atoms with van der Waals surface area (Å²) in [5.41, 5.74) is 0.735. The molecule has 7 heteroatoms. The molecule has 0 saturated carbocycles. The molecule has 2 N–H and O–H groups in total. The first-order chi connectivity index (χ1) is 11.0. The molecule has 1 aromatic rings. The van der Waals surface area contributed by atoms with Crippen molar-refractivity contribution in [2.24, 2.45) is 0 Å². The van der Waals surface area contributed by atoms with E-state index >= 15 is 0 Å². The number of hydrogen-bond acceptors (Lipinski definition) is 4. The number of halogens is 1. The highest BCUT2D eigenvalue weighted by Crippen LogP contribution is 2.14. The highest BCUT2D eigenvalue weighted by molar-refractivity contribution is 5.88. The molecule has 0 aromatic heterocycles. The lowest BCUT2D eigenvalue weighted by atomic mass is 10.1. The Balaban J connectivity index is 1.57. The van der Waals surface area contributed by atoms with Crippen molar-refractivity contribution in [2.75, 3.05) is 26.2 Å². The Bertz CT molecular complexity index is 610. The van der Waals surface area contributed by atoms with Gasteiger partial charge >= 0.3 is 0 Å². The third-order valence-electron chi connectivity index (χ3n) is 4.30. The molecule has 1 aromatic carbocycles. The highest BCUT2D eigenvalue weighted by Gasteiger charge is 2.34. The number of carbonyl (C=O) groups excluding carboxylic acids is 2. The summed E-state index contributed by atoms with van der Waals surface area (Å²) in [7, 11) is 0. The van der Waals surface area contributed by atoms with Gasteiger partial charge in [-0.2, -0.15) is 0 Å². The minimum atomic E-state index is -0.506. The fourth-order valence-corrected chi connectivity index (χ4v) is 3.05. The van der Waals surface area contributed by atoms with Crippen LogP contribution in [0.5, 0.6) is 0 Å². The molecule has 2 heterocycles. The van der Waals surface area contributed by atoms with E-state index in [0.717, 1.165) is 5.56 Å². The molecule has 23 heavy (non-hydrogen) atoms. The zero-order valence-electron chi connectivity index (χ0n) is 12.7. The normalized spacial score (nSPS) is 25.0. The van der Waals surface area contributed by atoms with Gasteiger partial charge < -0.3 is 20.2 Å². The molecule has 124 valence electrons. The maximum Gasteiger partial charge on any atom is 0.242 e. The van der Waals surface area contributed by atoms with Gasteiger partial charge in [0.2, 0.25) is 11.8 Å². The third kappa shape index (κ3) is 3.68. The van der Waals surface area contributed by atoms with E-state index in [1.807, 2.05) is 0 Å². The monoisotopic (exact) mass is 321 g/mol. The second-order valence-corrected chi connectivity index (χ2v) is 6.06. The van der Waals surface area contributed by atoms with Crippen LogP contribution < -0.4 is 5.32 Å². The number of amides is 2. The first kappa shape index (κ1) is 15.9. The number of carbonyl (C=O) groups is 2. The van der Waals surface area contributed by atoms with Crippen molar-refractivity contribution in [2.45, 2.75) is 25.1 Å². The van der Waals surface area contributed by atoms with Gasteiger partial charge in [0.1, 0.15) is 5.82 Å². The summed E-state index contributed by atoms with van der Waals surface area (Å²) in [5.74, 6) is -0.609. The van der Waals surface area contributed by atoms with Crippen LogP contribution in [0.3, 0.4) is 0 Å². The smallest absolute Gasteiger partial charge is 0.242 e. The Morgan fingerprint density at radius 1 is 1.39 bits per heavy atom. The topological polar surface area (TPSA) is 72.9 Å². The fourth-order valence-electron chi connectivity index (χ4n) is 3.05. The summed E-state index contributed by atoms with van der Waals surface area (Å²) >= 11 is 0. The Morgan fingerprint density at radius 3 is 2.87 bits per heavy atom. The molecule has 2 fully saturated rings. The SMILES string of the molecule is O=C1CN(C(=O)C2CC(O)CN2)CCN1Cc1cccc(F)c1. The van der Waals surface area contributed by atoms with Gasteiger partial charge in [-0.25, -0.2) is 4.39 Å². The van der Waals surface area contributed by atoms with E-state index in [9.17, 15) is 19.1 Å². The minimum Gasteiger partial charge on any atom is -0.392 e. The van der Waals surface area contributed by atoms with E-state index in [1.165, 1.54) is 17.0 Å². The summed E-state index contributed by atoms with van der Waals surface area (Å²) in [6.45, 7) is 1.66. The van der Waals surface area contributed by atoms with Crippen LogP contribution in [0, 0.1) is 5.82 Å². The van der Waals surface area contributed by atoms with Crippen LogP contribution in [0.15, 0.2) is 24.3 Å². The van der Waals surface area contributed by atoms with E-state index in [0.29, 0.717) is 32.6 Å². The molecule has 0 bridgehead atoms. The van der Waals surface area contributed by atoms with Gasteiger partial charge in [0.25, 0.3) is 0 Å². The maximum atomic E-state index is 13.2. The molecule has 0 spiro atoms. The largest absolute Gasteiger partial charge is 0.392 e. The van der Waals surface area contributed by atoms with Crippen molar-refractivity contribution < 1.29 is 19.1 Å². The van der Waals surface area contributed by atoms with E-state index < -0.39 is 12.1 Å². The zero-order chi connectivity index (χ0) is 16.4. The number of rotatable bonds is 3. The van der Waals surface area contributed by atoms with Crippen LogP contribution in [0.25, 0.3) is 0 Å². The first-order valence-electron chi connectivity index (χ1n) is 7.75. The van der Waals surface area contributed by atoms with Gasteiger partial charge in [-0.05, 0) is 24.1 Å². The summed E-state index contributed by atoms with van der Waals surface area (Å²) in [6, 6.07) is 5.76. The predicted molar refractivity (Wildman–Crippen MR) is 80.8 cm³/mol. The summed E-state index contributed by atoms with van der Waals surface area (Å²) in [6.07, 6.45) is -0.120. The Hall–Kier alpha value is -1.99. The zero-order valence-corrected chi connectivity index (χ0v) is 12.7. The number of benzene rings is 1. The highest BCUT2D eigenvalue weighted by atomic mass is 19.1. The van der Waals surface area contributed by atoms with Crippen LogP contribution in [0.4, 0.5) is 4.39 Å². The molecule has 2 aliphatic heterocycles. The number of aliphatic hydroxyl groups is 1. The minimum absolute atomic E-state index is 0.0302. The van der Waals surface area contributed by atoms with Crippen LogP contribution in [0.2, 0.25) is 0 Å². The quantitative estimate of drug-likeness (QED) is 0.803. The summed E-state index contributed by atoms with van der Waals surface area (Å²) < 4.78 is 13.2. The predicted octanol–water partition coefficient (Wildman–Crippen LogP) is -0.281. The average molecular weight is 321 g/mol. The molecule has 2 amide bonds. The van der Waals surface area contributed by atoms with Crippen LogP contribution in [-0.2, 0) is 16.1 Å². The number of hydrogen-bond donors (Lipinski definition) is 2. The van der Waals surface area contributed by atoms with Crippen molar-refractivity contribution in [3.63, 3.8) is 0 Å². The van der Waals surface area contributed by atoms with Gasteiger partial charge in [-0.15, -0.1) is 0 Å². The first-order valence-corrected chi connectivity index (χ1v) is 7.75. The number of nitrogens with one attached hydrogen (secondary N) is 1. The van der Waals surface area contributed by atoms with Crippen LogP contribution in [-0.4, -0.2) is 65.0 Å². The lowest BCUT2D eigenvalue weighted by Crippen LogP contribution is -2.55. The Labute approximate surface area is 133 Å². The van der Waals surface area contributed by atoms with Crippen LogP contribution in [0.1, 0.15) is 12.0 Å². The number of β-amino-alcohol motifs (C(OH)–C–C–N with tert-alkyl or cyclic N) is 1. The van der Waals surface area contributed by atoms with Gasteiger partial charge in [0.05, 0.1) is 18.7 Å². The van der Waals surface area contributed by atoms with E-state index in [4.69, 9.17) is 0 Å². The number of aliphatic hydroxyl groups excluding tert-OH is 1. The third-order valence-corrected chi connectivity index (χ3v) is 4.30. The maximum absolute atomic E-state index is 13.2. The van der Waals surface area contributed by atoms with Crippen molar-refractivity contribution in [3.8, 4) is 0 Å². The van der Waals surface area contributed by atoms with Crippen LogP contribution >= 0.6 is 0 Å². The standard InChI is InChI=1S/C16H20FN3O3/c17-12-3-1-2-11(6-12)9-19-4-5-20(10-15(19)22)16(23)14-7-13(21)8-18-14/h1-3,6,13-14,18,21H,4-5,7-10H2. The van der Waals surface area contributed by atoms with Crippen molar-refractivity contribution in [3.05, 3.63) is 35.6 Å². The van der Waals surface area contributed by atoms with Crippen molar-refractivity contribution in [1.82, 2.24) is 15.1 Å². The molecule has 0 radical (unpaired) electrons. The fraction of sp³-hybridized carbons (Fsp3) is 0.500. The molecule has 2 saturated heterocycles. The van der Waals surface area contributed by atoms with Crippen molar-refractivity contribution >= 4 is 11.8 Å². The Morgan fingerprint density at radius 2 is 2.22 bits per heavy atom. The van der Waals surface area contributed by atoms with E-state index in [1.54, 1.807) is 17.0 Å². The molecular formula is C16H20FN3O3. The second kappa shape index (κ2) is 6.64. The molecule has 6 nitrogen and oxygen atoms in total. The molecule has 2 aliphatic rings. The summed E-state index contributed by atoms with van der Waals surface area (Å²) in [5, 5.41) is 12.5. The average Bonchev–Trinajstić information content (AvgIpc) is 2.95. The van der Waals surface area contributed by atoms with Crippen molar-refractivity contribution in [1.29, 1.82) is 0 Å². The Kier molecular flexibility index (Phi) is 4.58. The van der Waals surface area contributed by atoms with E-state index in [-0.39, 0.29) is 24.2 Å². The lowest BCUT2D eigenvalue weighted by Gasteiger charge is -2.35. The van der Waals surface area contributed by atoms with E-state index in [2.05, 4.69) is 5.32 Å². The molecule has 2 unspecified atom stereocenters. The molecule has 0 aliphatic carbocycles. The second-order valence-electron chi connectivity index (χ2n) is 6.06. The number of piperazine rings is 1.